The van der Waals surface area contributed by atoms with Crippen molar-refractivity contribution in [1.82, 2.24) is 5.32 Å². The molecule has 0 bridgehead atoms. The van der Waals surface area contributed by atoms with Gasteiger partial charge < -0.3 is 38.5 Å². The van der Waals surface area contributed by atoms with E-state index in [1.54, 1.807) is 0 Å². The van der Waals surface area contributed by atoms with Crippen LogP contribution in [0.3, 0.4) is 0 Å². The molecule has 1 fully saturated rings. The van der Waals surface area contributed by atoms with Crippen molar-refractivity contribution in [2.24, 2.45) is 0 Å². The molecule has 1 N–H and O–H groups in total. The van der Waals surface area contributed by atoms with Crippen LogP contribution in [-0.2, 0) is 66.7 Å². The molecule has 0 aromatic heterocycles. The van der Waals surface area contributed by atoms with Crippen LogP contribution in [0.4, 0.5) is 17.6 Å². The topological polar surface area (TPSA) is 196 Å². The van der Waals surface area contributed by atoms with Crippen molar-refractivity contribution in [3.05, 3.63) is 0 Å². The van der Waals surface area contributed by atoms with E-state index in [0.717, 1.165) is 20.8 Å². The van der Waals surface area contributed by atoms with Crippen LogP contribution in [0.1, 0.15) is 34.6 Å². The average Bonchev–Trinajstić information content (AvgIpc) is 2.82. The van der Waals surface area contributed by atoms with Gasteiger partial charge in [0.15, 0.2) is 18.3 Å². The Labute approximate surface area is 229 Å². The molecule has 19 heteroatoms. The number of ether oxygens (including phenoxy) is 7. The summed E-state index contributed by atoms with van der Waals surface area (Å²) in [5.41, 5.74) is 0. The van der Waals surface area contributed by atoms with E-state index in [1.165, 1.54) is 5.32 Å². The van der Waals surface area contributed by atoms with Gasteiger partial charge in [-0.15, -0.1) is 0 Å². The molecule has 1 saturated heterocycles. The predicted molar refractivity (Wildman–Crippen MR) is 118 cm³/mol. The normalized spacial score (nSPS) is 25.4. The highest BCUT2D eigenvalue weighted by atomic mass is 19.4. The zero-order valence-corrected chi connectivity index (χ0v) is 22.4. The minimum Gasteiger partial charge on any atom is -0.464 e. The van der Waals surface area contributed by atoms with Gasteiger partial charge in [0.1, 0.15) is 12.7 Å². The summed E-state index contributed by atoms with van der Waals surface area (Å²) in [5.74, 6) is -14.3. The first-order valence-corrected chi connectivity index (χ1v) is 11.4. The van der Waals surface area contributed by atoms with Gasteiger partial charge in [-0.25, -0.2) is 9.18 Å². The van der Waals surface area contributed by atoms with Gasteiger partial charge in [0.25, 0.3) is 0 Å². The minimum atomic E-state index is -5.63. The molecule has 0 spiro atoms. The van der Waals surface area contributed by atoms with Crippen molar-refractivity contribution >= 4 is 41.7 Å². The fourth-order valence-electron chi connectivity index (χ4n) is 3.71. The molecule has 41 heavy (non-hydrogen) atoms. The van der Waals surface area contributed by atoms with Gasteiger partial charge in [0, 0.05) is 34.6 Å². The molecule has 15 nitrogen and oxygen atoms in total. The van der Waals surface area contributed by atoms with E-state index >= 15 is 4.39 Å². The lowest BCUT2D eigenvalue weighted by Crippen LogP contribution is -2.75. The molecule has 1 aliphatic heterocycles. The van der Waals surface area contributed by atoms with Crippen LogP contribution in [0.2, 0.25) is 0 Å². The number of amides is 1. The molecule has 0 aliphatic carbocycles. The van der Waals surface area contributed by atoms with Crippen molar-refractivity contribution in [2.75, 3.05) is 13.7 Å². The molecule has 1 heterocycles. The first kappa shape index (κ1) is 35.0. The van der Waals surface area contributed by atoms with Gasteiger partial charge in [-0.2, -0.15) is 13.2 Å². The number of nitrogens with one attached hydrogen (secondary N) is 1. The van der Waals surface area contributed by atoms with Crippen molar-refractivity contribution < 1.29 is 84.3 Å². The fourth-order valence-corrected chi connectivity index (χ4v) is 3.71. The van der Waals surface area contributed by atoms with Crippen molar-refractivity contribution in [3.8, 4) is 0 Å². The number of hydrogen-bond acceptors (Lipinski definition) is 14. The molecule has 7 atom stereocenters. The lowest BCUT2D eigenvalue weighted by Gasteiger charge is -2.49. The Morgan fingerprint density at radius 1 is 0.878 bits per heavy atom. The zero-order chi connectivity index (χ0) is 31.9. The molecule has 0 aromatic rings. The Kier molecular flexibility index (Phi) is 12.0. The van der Waals surface area contributed by atoms with Gasteiger partial charge in [0.05, 0.1) is 13.2 Å². The monoisotopic (exact) mass is 605 g/mol. The summed E-state index contributed by atoms with van der Waals surface area (Å²) in [6.45, 7) is 2.87. The quantitative estimate of drug-likeness (QED) is 0.191. The van der Waals surface area contributed by atoms with Gasteiger partial charge in [0.2, 0.25) is 6.17 Å². The van der Waals surface area contributed by atoms with E-state index in [9.17, 15) is 46.7 Å². The van der Waals surface area contributed by atoms with Gasteiger partial charge in [-0.05, 0) is 0 Å². The third-order valence-corrected chi connectivity index (χ3v) is 5.05. The molecular formula is C22H27F4NO14. The summed E-state index contributed by atoms with van der Waals surface area (Å²) < 4.78 is 90.0. The van der Waals surface area contributed by atoms with Crippen LogP contribution in [-0.4, -0.2) is 104 Å². The van der Waals surface area contributed by atoms with Crippen LogP contribution < -0.4 is 5.32 Å². The number of methoxy groups -OCH3 is 1. The van der Waals surface area contributed by atoms with Crippen molar-refractivity contribution in [2.45, 2.75) is 83.2 Å². The number of halogens is 4. The zero-order valence-electron chi connectivity index (χ0n) is 22.4. The summed E-state index contributed by atoms with van der Waals surface area (Å²) in [7, 11) is 0.670. The molecule has 232 valence electrons. The Bertz CT molecular complexity index is 1050. The maximum atomic E-state index is 16.0. The second-order valence-corrected chi connectivity index (χ2v) is 8.33. The van der Waals surface area contributed by atoms with E-state index in [2.05, 4.69) is 4.74 Å². The SMILES string of the molecule is COC(=O)C1(OC(C)=O)O[C@@H]([C@H](OC(C)=O)[C@@H](COC(C)=O)OC(C)=O)[C@H](NC(=O)C(F)(F)F)[C@@H](OC(C)=O)[C@H]1F. The van der Waals surface area contributed by atoms with Crippen LogP contribution in [0.25, 0.3) is 0 Å². The van der Waals surface area contributed by atoms with Crippen molar-refractivity contribution in [3.63, 3.8) is 0 Å². The molecule has 1 unspecified atom stereocenters. The molecule has 1 aliphatic rings. The summed E-state index contributed by atoms with van der Waals surface area (Å²) >= 11 is 0. The Morgan fingerprint density at radius 2 is 1.44 bits per heavy atom. The molecule has 0 radical (unpaired) electrons. The van der Waals surface area contributed by atoms with E-state index in [4.69, 9.17) is 28.4 Å². The van der Waals surface area contributed by atoms with Crippen LogP contribution in [0, 0.1) is 0 Å². The van der Waals surface area contributed by atoms with E-state index < -0.39 is 96.9 Å². The molecule has 0 saturated carbocycles. The van der Waals surface area contributed by atoms with Gasteiger partial charge >= 0.3 is 53.7 Å². The average molecular weight is 605 g/mol. The number of carbonyl (C=O) groups excluding carboxylic acids is 7. The number of hydrogen-bond donors (Lipinski definition) is 1. The first-order chi connectivity index (χ1) is 18.8. The summed E-state index contributed by atoms with van der Waals surface area (Å²) in [6.07, 6.45) is -18.2. The van der Waals surface area contributed by atoms with Gasteiger partial charge in [-0.3, -0.25) is 28.8 Å². The third-order valence-electron chi connectivity index (χ3n) is 5.05. The number of carbonyl (C=O) groups is 7. The Morgan fingerprint density at radius 3 is 1.85 bits per heavy atom. The lowest BCUT2D eigenvalue weighted by molar-refractivity contribution is -0.327. The van der Waals surface area contributed by atoms with Crippen LogP contribution in [0.5, 0.6) is 0 Å². The van der Waals surface area contributed by atoms with E-state index in [1.807, 2.05) is 0 Å². The molecule has 1 rings (SSSR count). The maximum Gasteiger partial charge on any atom is 0.471 e. The molecule has 1 amide bonds. The fraction of sp³-hybridized carbons (Fsp3) is 0.682. The maximum absolute atomic E-state index is 16.0. The Hall–Kier alpha value is -4.03. The Balaban J connectivity index is 4.05. The summed E-state index contributed by atoms with van der Waals surface area (Å²) in [5, 5.41) is 1.33. The predicted octanol–water partition coefficient (Wildman–Crippen LogP) is -0.439. The second-order valence-electron chi connectivity index (χ2n) is 8.33. The first-order valence-electron chi connectivity index (χ1n) is 11.4. The number of alkyl halides is 4. The minimum absolute atomic E-state index is 0.667. The smallest absolute Gasteiger partial charge is 0.464 e. The lowest BCUT2D eigenvalue weighted by atomic mass is 9.86. The van der Waals surface area contributed by atoms with Crippen molar-refractivity contribution in [1.29, 1.82) is 0 Å². The molecule has 0 aromatic carbocycles. The highest BCUT2D eigenvalue weighted by molar-refractivity contribution is 5.84. The van der Waals surface area contributed by atoms with E-state index in [0.29, 0.717) is 21.0 Å². The van der Waals surface area contributed by atoms with Crippen LogP contribution in [0.15, 0.2) is 0 Å². The highest BCUT2D eigenvalue weighted by Crippen LogP contribution is 2.39. The number of rotatable bonds is 10. The second kappa shape index (κ2) is 14.0. The standard InChI is InChI=1S/C22H27F4NO14/c1-8(28)36-7-13(37-9(2)29)15(38-10(3)30)16-14(27-19(33)22(24,25)26)17(39-11(4)31)18(23)21(41-16,20(34)35-6)40-12(5)32/h13-18H,7H2,1-6H3,(H,27,33)/t13-,14+,15-,16-,17-,18-,21?/m1/s1. The van der Waals surface area contributed by atoms with Crippen LogP contribution >= 0.6 is 0 Å². The summed E-state index contributed by atoms with van der Waals surface area (Å²) in [6, 6.07) is -2.50. The molecular weight excluding hydrogens is 578 g/mol. The van der Waals surface area contributed by atoms with Gasteiger partial charge in [-0.1, -0.05) is 0 Å². The van der Waals surface area contributed by atoms with E-state index in [-0.39, 0.29) is 0 Å². The number of esters is 6. The largest absolute Gasteiger partial charge is 0.471 e. The third kappa shape index (κ3) is 9.25. The summed E-state index contributed by atoms with van der Waals surface area (Å²) in [4.78, 5) is 83.8. The highest BCUT2D eigenvalue weighted by Gasteiger charge is 2.68.